The molecule has 0 N–H and O–H groups in total. The molecule has 0 saturated carbocycles. The molecular formula is C12H23O2Si3. The molecular weight excluding hydrogens is 260 g/mol. The molecule has 0 aromatic heterocycles. The maximum Gasteiger partial charge on any atom is 0.311 e. The first kappa shape index (κ1) is 14.9. The zero-order valence-corrected chi connectivity index (χ0v) is 14.7. The van der Waals surface area contributed by atoms with Gasteiger partial charge in [0, 0.05) is 0 Å². The summed E-state index contributed by atoms with van der Waals surface area (Å²) < 4.78 is 12.5. The lowest BCUT2D eigenvalue weighted by Crippen LogP contribution is -2.54. The summed E-state index contributed by atoms with van der Waals surface area (Å²) in [5, 5.41) is 1.34. The molecule has 17 heavy (non-hydrogen) atoms. The molecule has 0 aliphatic carbocycles. The topological polar surface area (TPSA) is 18.5 Å². The minimum Gasteiger partial charge on any atom is -0.437 e. The van der Waals surface area contributed by atoms with Crippen LogP contribution in [0.2, 0.25) is 39.3 Å². The predicted molar refractivity (Wildman–Crippen MR) is 80.7 cm³/mol. The molecule has 0 spiro atoms. The summed E-state index contributed by atoms with van der Waals surface area (Å²) in [6, 6.07) is 10.5. The average Bonchev–Trinajstić information content (AvgIpc) is 2.15. The molecule has 0 fully saturated rings. The van der Waals surface area contributed by atoms with Gasteiger partial charge in [-0.3, -0.25) is 0 Å². The zero-order chi connectivity index (χ0) is 13.1. The van der Waals surface area contributed by atoms with Gasteiger partial charge in [-0.15, -0.1) is 0 Å². The molecule has 0 aliphatic heterocycles. The minimum atomic E-state index is -1.98. The van der Waals surface area contributed by atoms with Gasteiger partial charge in [-0.25, -0.2) is 0 Å². The third-order valence-corrected chi connectivity index (χ3v) is 11.8. The predicted octanol–water partition coefficient (Wildman–Crippen LogP) is 3.08. The van der Waals surface area contributed by atoms with E-state index in [9.17, 15) is 0 Å². The van der Waals surface area contributed by atoms with E-state index < -0.39 is 25.9 Å². The van der Waals surface area contributed by atoms with Gasteiger partial charge in [-0.1, -0.05) is 30.3 Å². The molecule has 2 nitrogen and oxygen atoms in total. The van der Waals surface area contributed by atoms with Gasteiger partial charge in [0.2, 0.25) is 8.32 Å². The Morgan fingerprint density at radius 3 is 1.94 bits per heavy atom. The molecule has 1 aromatic carbocycles. The third kappa shape index (κ3) is 4.89. The largest absolute Gasteiger partial charge is 0.437 e. The number of benzene rings is 1. The van der Waals surface area contributed by atoms with Gasteiger partial charge in [-0.2, -0.15) is 0 Å². The van der Waals surface area contributed by atoms with Crippen LogP contribution < -0.4 is 5.19 Å². The Morgan fingerprint density at radius 2 is 1.47 bits per heavy atom. The van der Waals surface area contributed by atoms with E-state index in [0.29, 0.717) is 0 Å². The zero-order valence-electron chi connectivity index (χ0n) is 11.7. The van der Waals surface area contributed by atoms with Gasteiger partial charge in [0.1, 0.15) is 0 Å². The first-order valence-corrected chi connectivity index (χ1v) is 14.1. The van der Waals surface area contributed by atoms with Gasteiger partial charge < -0.3 is 8.23 Å². The second kappa shape index (κ2) is 5.62. The molecule has 0 unspecified atom stereocenters. The monoisotopic (exact) mass is 283 g/mol. The van der Waals surface area contributed by atoms with Crippen LogP contribution in [0.15, 0.2) is 30.3 Å². The smallest absolute Gasteiger partial charge is 0.311 e. The molecule has 0 heterocycles. The number of hydrogen-bond donors (Lipinski definition) is 0. The van der Waals surface area contributed by atoms with Gasteiger partial charge in [-0.05, 0) is 44.5 Å². The first-order chi connectivity index (χ1) is 7.73. The summed E-state index contributed by atoms with van der Waals surface area (Å²) in [5.41, 5.74) is 0. The Morgan fingerprint density at radius 1 is 0.941 bits per heavy atom. The van der Waals surface area contributed by atoms with E-state index in [1.807, 2.05) is 6.07 Å². The van der Waals surface area contributed by atoms with E-state index in [2.05, 4.69) is 63.5 Å². The molecule has 1 aromatic rings. The van der Waals surface area contributed by atoms with Crippen LogP contribution in [0.4, 0.5) is 0 Å². The van der Waals surface area contributed by atoms with Crippen molar-refractivity contribution in [3.05, 3.63) is 30.3 Å². The molecule has 95 valence electrons. The molecule has 0 saturated heterocycles. The molecule has 0 bridgehead atoms. The van der Waals surface area contributed by atoms with Gasteiger partial charge >= 0.3 is 8.56 Å². The lowest BCUT2D eigenvalue weighted by molar-refractivity contribution is 0.408. The van der Waals surface area contributed by atoms with Crippen molar-refractivity contribution in [1.29, 1.82) is 0 Å². The highest BCUT2D eigenvalue weighted by Gasteiger charge is 2.36. The van der Waals surface area contributed by atoms with Gasteiger partial charge in [0.15, 0.2) is 9.04 Å². The summed E-state index contributed by atoms with van der Waals surface area (Å²) in [4.78, 5) is 0. The Balaban J connectivity index is 2.79. The summed E-state index contributed by atoms with van der Waals surface area (Å²) in [6.45, 7) is 13.1. The molecule has 1 rings (SSSR count). The highest BCUT2D eigenvalue weighted by atomic mass is 28.5. The van der Waals surface area contributed by atoms with E-state index in [1.54, 1.807) is 0 Å². The van der Waals surface area contributed by atoms with E-state index in [0.717, 1.165) is 0 Å². The Bertz CT molecular complexity index is 350. The fraction of sp³-hybridized carbons (Fsp3) is 0.500. The molecule has 0 amide bonds. The quantitative estimate of drug-likeness (QED) is 0.773. The van der Waals surface area contributed by atoms with E-state index in [1.165, 1.54) is 5.19 Å². The second-order valence-corrected chi connectivity index (χ2v) is 15.2. The van der Waals surface area contributed by atoms with Crippen molar-refractivity contribution in [2.75, 3.05) is 0 Å². The SMILES string of the molecule is C[Si](C)O[Si](C)(C)O[Si](C)(C)c1ccccc1. The van der Waals surface area contributed by atoms with Crippen molar-refractivity contribution in [1.82, 2.24) is 0 Å². The van der Waals surface area contributed by atoms with Crippen LogP contribution in [0.25, 0.3) is 0 Å². The van der Waals surface area contributed by atoms with Gasteiger partial charge in [0.05, 0.1) is 0 Å². The van der Waals surface area contributed by atoms with E-state index >= 15 is 0 Å². The standard InChI is InChI=1S/C12H23O2Si3/c1-15(2)13-17(5,6)14-16(3,4)12-10-8-7-9-11-12/h7-11H,1-6H3. The second-order valence-electron chi connectivity index (χ2n) is 5.39. The third-order valence-electron chi connectivity index (χ3n) is 2.42. The van der Waals surface area contributed by atoms with Gasteiger partial charge in [0.25, 0.3) is 0 Å². The molecule has 1 radical (unpaired) electrons. The van der Waals surface area contributed by atoms with Crippen molar-refractivity contribution in [3.8, 4) is 0 Å². The minimum absolute atomic E-state index is 0.686. The number of rotatable bonds is 5. The Labute approximate surface area is 109 Å². The van der Waals surface area contributed by atoms with Crippen LogP contribution in [-0.4, -0.2) is 25.9 Å². The van der Waals surface area contributed by atoms with Crippen molar-refractivity contribution >= 4 is 31.1 Å². The first-order valence-electron chi connectivity index (χ1n) is 5.98. The van der Waals surface area contributed by atoms with Crippen LogP contribution in [0.5, 0.6) is 0 Å². The highest BCUT2D eigenvalue weighted by molar-refractivity contribution is 6.91. The Kier molecular flexibility index (Phi) is 4.91. The Hall–Kier alpha value is -0.209. The molecule has 0 aliphatic rings. The number of hydrogen-bond acceptors (Lipinski definition) is 2. The normalized spacial score (nSPS) is 13.1. The van der Waals surface area contributed by atoms with Crippen LogP contribution in [0, 0.1) is 0 Å². The maximum atomic E-state index is 6.40. The van der Waals surface area contributed by atoms with Crippen molar-refractivity contribution in [2.24, 2.45) is 0 Å². The van der Waals surface area contributed by atoms with E-state index in [-0.39, 0.29) is 0 Å². The molecule has 5 heteroatoms. The average molecular weight is 284 g/mol. The summed E-state index contributed by atoms with van der Waals surface area (Å²) >= 11 is 0. The maximum absolute atomic E-state index is 6.40. The van der Waals surface area contributed by atoms with Crippen LogP contribution >= 0.6 is 0 Å². The lowest BCUT2D eigenvalue weighted by atomic mass is 10.4. The van der Waals surface area contributed by atoms with Crippen LogP contribution in [-0.2, 0) is 8.23 Å². The van der Waals surface area contributed by atoms with Crippen molar-refractivity contribution in [3.63, 3.8) is 0 Å². The molecule has 0 atom stereocenters. The van der Waals surface area contributed by atoms with E-state index in [4.69, 9.17) is 8.23 Å². The highest BCUT2D eigenvalue weighted by Crippen LogP contribution is 2.16. The summed E-state index contributed by atoms with van der Waals surface area (Å²) in [6.07, 6.45) is 0. The summed E-state index contributed by atoms with van der Waals surface area (Å²) in [5.74, 6) is 0. The van der Waals surface area contributed by atoms with Crippen LogP contribution in [0.3, 0.4) is 0 Å². The van der Waals surface area contributed by atoms with Crippen molar-refractivity contribution < 1.29 is 8.23 Å². The lowest BCUT2D eigenvalue weighted by Gasteiger charge is -2.34. The fourth-order valence-electron chi connectivity index (χ4n) is 2.03. The van der Waals surface area contributed by atoms with Crippen molar-refractivity contribution in [2.45, 2.75) is 39.3 Å². The van der Waals surface area contributed by atoms with Crippen LogP contribution in [0.1, 0.15) is 0 Å². The summed E-state index contributed by atoms with van der Waals surface area (Å²) in [7, 11) is -4.49. The fourth-order valence-corrected chi connectivity index (χ4v) is 12.9.